The van der Waals surface area contributed by atoms with Gasteiger partial charge in [0, 0.05) is 33.3 Å². The molecule has 0 atom stereocenters. The number of nitrogens with one attached hydrogen (secondary N) is 1. The molecule has 0 aliphatic heterocycles. The number of aromatic nitrogens is 1. The van der Waals surface area contributed by atoms with Crippen LogP contribution in [0.15, 0.2) is 72.8 Å². The molecule has 0 fully saturated rings. The number of halogens is 1. The van der Waals surface area contributed by atoms with E-state index in [2.05, 4.69) is 10.3 Å². The van der Waals surface area contributed by atoms with E-state index in [1.54, 1.807) is 37.3 Å². The highest BCUT2D eigenvalue weighted by Gasteiger charge is 2.16. The van der Waals surface area contributed by atoms with Crippen molar-refractivity contribution in [3.63, 3.8) is 0 Å². The third kappa shape index (κ3) is 3.86. The lowest BCUT2D eigenvalue weighted by atomic mass is 10.0. The van der Waals surface area contributed by atoms with E-state index >= 15 is 0 Å². The van der Waals surface area contributed by atoms with Crippen LogP contribution in [0.4, 0.5) is 11.4 Å². The van der Waals surface area contributed by atoms with Gasteiger partial charge in [0.1, 0.15) is 0 Å². The molecule has 0 aliphatic carbocycles. The monoisotopic (exact) mass is 417 g/mol. The van der Waals surface area contributed by atoms with Gasteiger partial charge in [0.2, 0.25) is 0 Å². The molecule has 0 spiro atoms. The maximum Gasteiger partial charge on any atom is 0.274 e. The SMILES string of the molecule is Cc1ccc(NC(=O)c2cc(-c3ccc(Cl)cc3)nc3ccccc23)cc1[N+](=O)[O-]. The van der Waals surface area contributed by atoms with Crippen LogP contribution in [-0.2, 0) is 0 Å². The first-order valence-corrected chi connectivity index (χ1v) is 9.52. The number of nitro benzene ring substituents is 1. The van der Waals surface area contributed by atoms with Gasteiger partial charge in [0.25, 0.3) is 11.6 Å². The predicted octanol–water partition coefficient (Wildman–Crippen LogP) is 6.02. The van der Waals surface area contributed by atoms with Gasteiger partial charge in [-0.05, 0) is 37.3 Å². The highest BCUT2D eigenvalue weighted by atomic mass is 35.5. The summed E-state index contributed by atoms with van der Waals surface area (Å²) in [4.78, 5) is 28.5. The van der Waals surface area contributed by atoms with E-state index in [-0.39, 0.29) is 11.6 Å². The second kappa shape index (κ2) is 7.93. The van der Waals surface area contributed by atoms with Gasteiger partial charge in [0.15, 0.2) is 0 Å². The zero-order valence-corrected chi connectivity index (χ0v) is 16.7. The van der Waals surface area contributed by atoms with Gasteiger partial charge >= 0.3 is 0 Å². The normalized spacial score (nSPS) is 10.7. The number of anilines is 1. The highest BCUT2D eigenvalue weighted by Crippen LogP contribution is 2.28. The number of hydrogen-bond donors (Lipinski definition) is 1. The topological polar surface area (TPSA) is 85.1 Å². The first-order valence-electron chi connectivity index (χ1n) is 9.14. The summed E-state index contributed by atoms with van der Waals surface area (Å²) in [5.74, 6) is -0.373. The number of nitrogens with zero attached hydrogens (tertiary/aromatic N) is 2. The summed E-state index contributed by atoms with van der Waals surface area (Å²) < 4.78 is 0. The Hall–Kier alpha value is -3.77. The van der Waals surface area contributed by atoms with Crippen molar-refractivity contribution in [1.82, 2.24) is 4.98 Å². The first kappa shape index (κ1) is 19.5. The Morgan fingerprint density at radius 1 is 1.03 bits per heavy atom. The van der Waals surface area contributed by atoms with E-state index in [0.717, 1.165) is 5.56 Å². The molecule has 0 bridgehead atoms. The van der Waals surface area contributed by atoms with Crippen LogP contribution in [0.2, 0.25) is 5.02 Å². The maximum absolute atomic E-state index is 13.1. The van der Waals surface area contributed by atoms with E-state index in [9.17, 15) is 14.9 Å². The van der Waals surface area contributed by atoms with E-state index in [1.165, 1.54) is 6.07 Å². The van der Waals surface area contributed by atoms with Crippen LogP contribution in [0.3, 0.4) is 0 Å². The van der Waals surface area contributed by atoms with Crippen LogP contribution in [0.1, 0.15) is 15.9 Å². The van der Waals surface area contributed by atoms with E-state index < -0.39 is 4.92 Å². The minimum absolute atomic E-state index is 0.0470. The standard InChI is InChI=1S/C23H16ClN3O3/c1-14-6-11-17(12-22(14)27(29)30)25-23(28)19-13-21(15-7-9-16(24)10-8-15)26-20-5-3-2-4-18(19)20/h2-13H,1H3,(H,25,28). The van der Waals surface area contributed by atoms with Crippen molar-refractivity contribution in [3.05, 3.63) is 99.1 Å². The Balaban J connectivity index is 1.77. The Morgan fingerprint density at radius 3 is 2.50 bits per heavy atom. The number of pyridine rings is 1. The summed E-state index contributed by atoms with van der Waals surface area (Å²) in [6.07, 6.45) is 0. The van der Waals surface area contributed by atoms with Gasteiger partial charge in [-0.3, -0.25) is 14.9 Å². The Kier molecular flexibility index (Phi) is 5.16. The van der Waals surface area contributed by atoms with Gasteiger partial charge in [0.05, 0.1) is 21.7 Å². The van der Waals surface area contributed by atoms with Crippen molar-refractivity contribution in [1.29, 1.82) is 0 Å². The van der Waals surface area contributed by atoms with Gasteiger partial charge in [-0.2, -0.15) is 0 Å². The van der Waals surface area contributed by atoms with Gasteiger partial charge in [-0.1, -0.05) is 48.0 Å². The quantitative estimate of drug-likeness (QED) is 0.324. The fourth-order valence-corrected chi connectivity index (χ4v) is 3.34. The molecular weight excluding hydrogens is 402 g/mol. The summed E-state index contributed by atoms with van der Waals surface area (Å²) >= 11 is 5.98. The van der Waals surface area contributed by atoms with E-state index in [0.29, 0.717) is 38.4 Å². The molecule has 1 N–H and O–H groups in total. The summed E-state index contributed by atoms with van der Waals surface area (Å²) in [7, 11) is 0. The van der Waals surface area contributed by atoms with Crippen LogP contribution < -0.4 is 5.32 Å². The molecule has 1 amide bonds. The van der Waals surface area contributed by atoms with Crippen molar-refractivity contribution >= 4 is 39.8 Å². The molecule has 0 saturated heterocycles. The lowest BCUT2D eigenvalue weighted by Crippen LogP contribution is -2.13. The number of fused-ring (bicyclic) bond motifs is 1. The average Bonchev–Trinajstić information content (AvgIpc) is 2.74. The number of carbonyl (C=O) groups excluding carboxylic acids is 1. The zero-order valence-electron chi connectivity index (χ0n) is 15.9. The van der Waals surface area contributed by atoms with Gasteiger partial charge < -0.3 is 5.32 Å². The molecule has 7 heteroatoms. The van der Waals surface area contributed by atoms with Crippen molar-refractivity contribution < 1.29 is 9.72 Å². The molecule has 3 aromatic carbocycles. The fourth-order valence-electron chi connectivity index (χ4n) is 3.21. The average molecular weight is 418 g/mol. The number of carbonyl (C=O) groups is 1. The summed E-state index contributed by atoms with van der Waals surface area (Å²) in [5.41, 5.74) is 3.38. The van der Waals surface area contributed by atoms with E-state index in [1.807, 2.05) is 36.4 Å². The summed E-state index contributed by atoms with van der Waals surface area (Å²) in [6.45, 7) is 1.65. The second-order valence-corrected chi connectivity index (χ2v) is 7.23. The van der Waals surface area contributed by atoms with Crippen molar-refractivity contribution in [3.8, 4) is 11.3 Å². The molecule has 0 unspecified atom stereocenters. The second-order valence-electron chi connectivity index (χ2n) is 6.79. The minimum Gasteiger partial charge on any atom is -0.322 e. The van der Waals surface area contributed by atoms with Crippen molar-refractivity contribution in [2.75, 3.05) is 5.32 Å². The molecule has 1 heterocycles. The van der Waals surface area contributed by atoms with Gasteiger partial charge in [-0.15, -0.1) is 0 Å². The first-order chi connectivity index (χ1) is 14.4. The molecule has 4 aromatic rings. The zero-order chi connectivity index (χ0) is 21.3. The number of rotatable bonds is 4. The minimum atomic E-state index is -0.467. The largest absolute Gasteiger partial charge is 0.322 e. The third-order valence-electron chi connectivity index (χ3n) is 4.76. The number of amides is 1. The maximum atomic E-state index is 13.1. The summed E-state index contributed by atoms with van der Waals surface area (Å²) in [5, 5.41) is 15.3. The number of benzene rings is 3. The molecule has 6 nitrogen and oxygen atoms in total. The van der Waals surface area contributed by atoms with Crippen molar-refractivity contribution in [2.24, 2.45) is 0 Å². The fraction of sp³-hybridized carbons (Fsp3) is 0.0435. The lowest BCUT2D eigenvalue weighted by molar-refractivity contribution is -0.385. The molecule has 0 saturated carbocycles. The van der Waals surface area contributed by atoms with Crippen molar-refractivity contribution in [2.45, 2.75) is 6.92 Å². The Labute approximate surface area is 177 Å². The molecule has 0 aliphatic rings. The van der Waals surface area contributed by atoms with Crippen LogP contribution in [-0.4, -0.2) is 15.8 Å². The smallest absolute Gasteiger partial charge is 0.274 e. The molecule has 0 radical (unpaired) electrons. The Morgan fingerprint density at radius 2 is 1.77 bits per heavy atom. The highest BCUT2D eigenvalue weighted by molar-refractivity contribution is 6.30. The number of aryl methyl sites for hydroxylation is 1. The molecular formula is C23H16ClN3O3. The lowest BCUT2D eigenvalue weighted by Gasteiger charge is -2.11. The number of nitro groups is 1. The van der Waals surface area contributed by atoms with Crippen LogP contribution in [0.5, 0.6) is 0 Å². The third-order valence-corrected chi connectivity index (χ3v) is 5.02. The number of hydrogen-bond acceptors (Lipinski definition) is 4. The van der Waals surface area contributed by atoms with Crippen LogP contribution >= 0.6 is 11.6 Å². The van der Waals surface area contributed by atoms with Gasteiger partial charge in [-0.25, -0.2) is 4.98 Å². The van der Waals surface area contributed by atoms with Crippen LogP contribution in [0.25, 0.3) is 22.2 Å². The number of para-hydroxylation sites is 1. The molecule has 1 aromatic heterocycles. The Bertz CT molecular complexity index is 1290. The predicted molar refractivity (Wildman–Crippen MR) is 118 cm³/mol. The van der Waals surface area contributed by atoms with Crippen LogP contribution in [0, 0.1) is 17.0 Å². The van der Waals surface area contributed by atoms with E-state index in [4.69, 9.17) is 11.6 Å². The molecule has 148 valence electrons. The summed E-state index contributed by atoms with van der Waals surface area (Å²) in [6, 6.07) is 20.9. The molecule has 4 rings (SSSR count). The molecule has 30 heavy (non-hydrogen) atoms.